The van der Waals surface area contributed by atoms with E-state index in [0.717, 1.165) is 11.3 Å². The Labute approximate surface area is 50.3 Å². The molecule has 0 amide bonds. The van der Waals surface area contributed by atoms with Crippen LogP contribution in [0.5, 0.6) is 0 Å². The van der Waals surface area contributed by atoms with E-state index in [1.54, 1.807) is 19.3 Å². The first kappa shape index (κ1) is 3.92. The van der Waals surface area contributed by atoms with Crippen LogP contribution in [0.15, 0.2) is 0 Å². The summed E-state index contributed by atoms with van der Waals surface area (Å²) in [7, 11) is 0. The summed E-state index contributed by atoms with van der Waals surface area (Å²) >= 11 is 0. The van der Waals surface area contributed by atoms with Crippen molar-refractivity contribution in [3.63, 3.8) is 0 Å². The highest BCUT2D eigenvalue weighted by molar-refractivity contribution is 5.26. The van der Waals surface area contributed by atoms with Gasteiger partial charge in [-0.2, -0.15) is 0 Å². The first-order valence-electron chi connectivity index (χ1n) is 3.86. The summed E-state index contributed by atoms with van der Waals surface area (Å²) in [6.45, 7) is 2.45. The third-order valence-electron chi connectivity index (χ3n) is 4.06. The van der Waals surface area contributed by atoms with E-state index in [4.69, 9.17) is 0 Å². The summed E-state index contributed by atoms with van der Waals surface area (Å²) < 4.78 is 0. The quantitative estimate of drug-likeness (QED) is 0.445. The SMILES string of the molecule is C[C@H]1[C@H]2CCC3CC321. The molecule has 3 fully saturated rings. The minimum absolute atomic E-state index is 0.986. The lowest BCUT2D eigenvalue weighted by molar-refractivity contribution is 0.608. The molecule has 2 unspecified atom stereocenters. The number of rotatable bonds is 0. The van der Waals surface area contributed by atoms with Gasteiger partial charge in [0.25, 0.3) is 0 Å². The van der Waals surface area contributed by atoms with Crippen LogP contribution in [0.2, 0.25) is 0 Å². The van der Waals surface area contributed by atoms with Crippen molar-refractivity contribution in [3.05, 3.63) is 0 Å². The monoisotopic (exact) mass is 108 g/mol. The van der Waals surface area contributed by atoms with Crippen molar-refractivity contribution < 1.29 is 0 Å². The molecular weight excluding hydrogens is 96.1 g/mol. The second kappa shape index (κ2) is 0.778. The molecule has 8 heavy (non-hydrogen) atoms. The van der Waals surface area contributed by atoms with Gasteiger partial charge in [-0.05, 0) is 42.4 Å². The fourth-order valence-electron chi connectivity index (χ4n) is 3.40. The van der Waals surface area contributed by atoms with Crippen molar-refractivity contribution in [2.45, 2.75) is 26.2 Å². The van der Waals surface area contributed by atoms with Gasteiger partial charge < -0.3 is 0 Å². The second-order valence-electron chi connectivity index (χ2n) is 3.99. The lowest BCUT2D eigenvalue weighted by Crippen LogP contribution is -1.79. The highest BCUT2D eigenvalue weighted by Crippen LogP contribution is 2.84. The molecule has 3 saturated carbocycles. The van der Waals surface area contributed by atoms with E-state index >= 15 is 0 Å². The van der Waals surface area contributed by atoms with E-state index in [9.17, 15) is 0 Å². The van der Waals surface area contributed by atoms with Gasteiger partial charge in [-0.15, -0.1) is 0 Å². The Morgan fingerprint density at radius 3 is 2.50 bits per heavy atom. The summed E-state index contributed by atoms with van der Waals surface area (Å²) in [6.07, 6.45) is 4.76. The molecular formula is C8H12. The lowest BCUT2D eigenvalue weighted by atomic mass is 10.2. The molecule has 0 aromatic heterocycles. The predicted octanol–water partition coefficient (Wildman–Crippen LogP) is 2.05. The minimum Gasteiger partial charge on any atom is -0.0617 e. The molecule has 0 N–H and O–H groups in total. The summed E-state index contributed by atoms with van der Waals surface area (Å²) in [6, 6.07) is 0. The maximum Gasteiger partial charge on any atom is -0.0207 e. The molecule has 3 aliphatic carbocycles. The molecule has 0 aromatic carbocycles. The molecule has 0 saturated heterocycles. The molecule has 0 aromatic rings. The normalized spacial score (nSPS) is 73.9. The zero-order valence-corrected chi connectivity index (χ0v) is 5.35. The standard InChI is InChI=1S/C8H12/c1-5-7-3-2-6-4-8(5,6)7/h5-7H,2-4H2,1H3/t5-,6?,7+,8?/m0/s1. The van der Waals surface area contributed by atoms with Crippen molar-refractivity contribution in [2.24, 2.45) is 23.2 Å². The maximum absolute atomic E-state index is 2.45. The van der Waals surface area contributed by atoms with Crippen molar-refractivity contribution in [3.8, 4) is 0 Å². The highest BCUT2D eigenvalue weighted by atomic mass is 14.8. The molecule has 0 heteroatoms. The van der Waals surface area contributed by atoms with Gasteiger partial charge in [-0.25, -0.2) is 0 Å². The third-order valence-corrected chi connectivity index (χ3v) is 4.06. The Morgan fingerprint density at radius 1 is 1.38 bits per heavy atom. The average Bonchev–Trinajstić information content (AvgIpc) is 2.55. The van der Waals surface area contributed by atoms with Crippen LogP contribution in [0.1, 0.15) is 26.2 Å². The Hall–Kier alpha value is 0. The Kier molecular flexibility index (Phi) is 0.381. The molecule has 3 aliphatic rings. The maximum atomic E-state index is 2.45. The van der Waals surface area contributed by atoms with E-state index in [1.165, 1.54) is 11.8 Å². The molecule has 0 heterocycles. The van der Waals surface area contributed by atoms with Gasteiger partial charge in [0.15, 0.2) is 0 Å². The topological polar surface area (TPSA) is 0 Å². The molecule has 0 aliphatic heterocycles. The molecule has 0 radical (unpaired) electrons. The van der Waals surface area contributed by atoms with Gasteiger partial charge >= 0.3 is 0 Å². The van der Waals surface area contributed by atoms with Crippen LogP contribution in [-0.4, -0.2) is 0 Å². The molecule has 1 spiro atoms. The molecule has 3 rings (SSSR count). The second-order valence-corrected chi connectivity index (χ2v) is 3.99. The summed E-state index contributed by atoms with van der Waals surface area (Å²) in [5.41, 5.74) is 0.986. The predicted molar refractivity (Wildman–Crippen MR) is 32.4 cm³/mol. The zero-order chi connectivity index (χ0) is 5.35. The lowest BCUT2D eigenvalue weighted by Gasteiger charge is -1.90. The minimum atomic E-state index is 0.986. The van der Waals surface area contributed by atoms with E-state index in [0.29, 0.717) is 0 Å². The van der Waals surface area contributed by atoms with Crippen LogP contribution in [0.4, 0.5) is 0 Å². The van der Waals surface area contributed by atoms with Gasteiger partial charge in [-0.3, -0.25) is 0 Å². The average molecular weight is 108 g/mol. The van der Waals surface area contributed by atoms with Gasteiger partial charge in [0, 0.05) is 0 Å². The van der Waals surface area contributed by atoms with Crippen molar-refractivity contribution in [1.29, 1.82) is 0 Å². The van der Waals surface area contributed by atoms with Crippen LogP contribution in [0.3, 0.4) is 0 Å². The van der Waals surface area contributed by atoms with Crippen LogP contribution in [-0.2, 0) is 0 Å². The van der Waals surface area contributed by atoms with Crippen LogP contribution in [0.25, 0.3) is 0 Å². The van der Waals surface area contributed by atoms with Gasteiger partial charge in [0.1, 0.15) is 0 Å². The van der Waals surface area contributed by atoms with Crippen molar-refractivity contribution in [2.75, 3.05) is 0 Å². The van der Waals surface area contributed by atoms with Crippen molar-refractivity contribution in [1.82, 2.24) is 0 Å². The van der Waals surface area contributed by atoms with E-state index in [2.05, 4.69) is 6.92 Å². The fourth-order valence-corrected chi connectivity index (χ4v) is 3.40. The number of hydrogen-bond acceptors (Lipinski definition) is 0. The Morgan fingerprint density at radius 2 is 2.25 bits per heavy atom. The fraction of sp³-hybridized carbons (Fsp3) is 1.00. The Balaban J connectivity index is 2.05. The van der Waals surface area contributed by atoms with Gasteiger partial charge in [0.2, 0.25) is 0 Å². The van der Waals surface area contributed by atoms with Crippen LogP contribution >= 0.6 is 0 Å². The first-order chi connectivity index (χ1) is 3.86. The molecule has 4 atom stereocenters. The summed E-state index contributed by atoms with van der Waals surface area (Å²) in [5.74, 6) is 3.55. The Bertz CT molecular complexity index is 146. The third kappa shape index (κ3) is 0.191. The summed E-state index contributed by atoms with van der Waals surface area (Å²) in [4.78, 5) is 0. The first-order valence-corrected chi connectivity index (χ1v) is 3.86. The molecule has 44 valence electrons. The van der Waals surface area contributed by atoms with E-state index in [1.807, 2.05) is 0 Å². The van der Waals surface area contributed by atoms with Crippen molar-refractivity contribution >= 4 is 0 Å². The molecule has 0 bridgehead atoms. The highest BCUT2D eigenvalue weighted by Gasteiger charge is 2.78. The van der Waals surface area contributed by atoms with Gasteiger partial charge in [0.05, 0.1) is 0 Å². The van der Waals surface area contributed by atoms with Crippen LogP contribution < -0.4 is 0 Å². The summed E-state index contributed by atoms with van der Waals surface area (Å²) in [5, 5.41) is 0. The zero-order valence-electron chi connectivity index (χ0n) is 5.35. The molecule has 0 nitrogen and oxygen atoms in total. The largest absolute Gasteiger partial charge is 0.0617 e. The van der Waals surface area contributed by atoms with Crippen LogP contribution in [0, 0.1) is 23.2 Å². The van der Waals surface area contributed by atoms with E-state index < -0.39 is 0 Å². The van der Waals surface area contributed by atoms with E-state index in [-0.39, 0.29) is 0 Å². The smallest absolute Gasteiger partial charge is 0.0207 e. The van der Waals surface area contributed by atoms with Gasteiger partial charge in [-0.1, -0.05) is 6.92 Å². The number of hydrogen-bond donors (Lipinski definition) is 0.